The van der Waals surface area contributed by atoms with Crippen molar-refractivity contribution in [1.29, 1.82) is 0 Å². The summed E-state index contributed by atoms with van der Waals surface area (Å²) in [5.41, 5.74) is 6.30. The smallest absolute Gasteiger partial charge is 0.329 e. The third-order valence-electron chi connectivity index (χ3n) is 14.7. The van der Waals surface area contributed by atoms with Crippen LogP contribution in [-0.2, 0) is 46.3 Å². The number of ketones is 1. The molecule has 0 aliphatic carbocycles. The molecule has 1 N–H and O–H groups in total. The lowest BCUT2D eigenvalue weighted by Crippen LogP contribution is -2.45. The van der Waals surface area contributed by atoms with Crippen molar-refractivity contribution < 1.29 is 33.4 Å². The number of Topliss-reactive ketones (excluding diaryl/α,β-unsaturated/α-hetero) is 1. The van der Waals surface area contributed by atoms with Crippen LogP contribution in [0.2, 0.25) is 0 Å². The number of hydrogen-bond donors (Lipinski definition) is 1. The van der Waals surface area contributed by atoms with Crippen LogP contribution >= 0.6 is 0 Å². The summed E-state index contributed by atoms with van der Waals surface area (Å²) in [7, 11) is 2.68. The lowest BCUT2D eigenvalue weighted by atomic mass is 9.90. The predicted octanol–water partition coefficient (Wildman–Crippen LogP) is 9.45. The van der Waals surface area contributed by atoms with E-state index in [-0.39, 0.29) is 50.0 Å². The number of esters is 2. The first kappa shape index (κ1) is 54.6. The van der Waals surface area contributed by atoms with Gasteiger partial charge in [-0.25, -0.2) is 9.59 Å². The summed E-state index contributed by atoms with van der Waals surface area (Å²) in [4.78, 5) is 70.0. The Bertz CT molecular complexity index is 2610. The SMILES string of the molecule is C.COC(=O)[C@@H]1CC(=O)CN1C(=O)C(c1ccccc1)c1ccccc1.COC(=O)[C@@H]1C[C@H](N2CCCC2Cc2ccccc2)CN1C(=O)C(c1ccccc1)c1ccccc1.c1ccc(CC2CCCN2)cc1. The molecule has 11 nitrogen and oxygen atoms in total. The zero-order valence-electron chi connectivity index (χ0n) is 42.0. The molecular formula is C63H72N4O7. The highest BCUT2D eigenvalue weighted by Gasteiger charge is 2.47. The minimum absolute atomic E-state index is 0. The second-order valence-corrected chi connectivity index (χ2v) is 19.4. The van der Waals surface area contributed by atoms with Crippen LogP contribution in [0.25, 0.3) is 0 Å². The van der Waals surface area contributed by atoms with Gasteiger partial charge in [-0.05, 0) is 91.4 Å². The average Bonchev–Trinajstić information content (AvgIpc) is 4.29. The molecular weight excluding hydrogens is 925 g/mol. The molecule has 4 aliphatic rings. The summed E-state index contributed by atoms with van der Waals surface area (Å²) in [6, 6.07) is 59.6. The number of methoxy groups -OCH3 is 2. The topological polar surface area (TPSA) is 126 Å². The van der Waals surface area contributed by atoms with Gasteiger partial charge < -0.3 is 24.6 Å². The first-order chi connectivity index (χ1) is 35.7. The van der Waals surface area contributed by atoms with Crippen LogP contribution < -0.4 is 5.32 Å². The predicted molar refractivity (Wildman–Crippen MR) is 290 cm³/mol. The van der Waals surface area contributed by atoms with Crippen molar-refractivity contribution in [2.45, 2.75) is 101 Å². The molecule has 0 radical (unpaired) electrons. The Labute approximate surface area is 437 Å². The van der Waals surface area contributed by atoms with Gasteiger partial charge in [-0.3, -0.25) is 19.3 Å². The minimum atomic E-state index is -0.847. The summed E-state index contributed by atoms with van der Waals surface area (Å²) in [5.74, 6) is -2.35. The van der Waals surface area contributed by atoms with Gasteiger partial charge in [0, 0.05) is 31.1 Å². The van der Waals surface area contributed by atoms with Crippen molar-refractivity contribution in [2.75, 3.05) is 40.4 Å². The summed E-state index contributed by atoms with van der Waals surface area (Å²) < 4.78 is 9.96. The molecule has 6 aromatic carbocycles. The number of rotatable bonds is 13. The monoisotopic (exact) mass is 997 g/mol. The maximum absolute atomic E-state index is 14.2. The van der Waals surface area contributed by atoms with Crippen molar-refractivity contribution in [3.8, 4) is 0 Å². The fraction of sp³-hybridized carbons (Fsp3) is 0.349. The Kier molecular flexibility index (Phi) is 20.0. The molecule has 4 heterocycles. The number of carbonyl (C=O) groups excluding carboxylic acids is 5. The van der Waals surface area contributed by atoms with Gasteiger partial charge in [-0.15, -0.1) is 0 Å². The van der Waals surface area contributed by atoms with Gasteiger partial charge in [0.25, 0.3) is 0 Å². The molecule has 4 fully saturated rings. The van der Waals surface area contributed by atoms with E-state index in [0.717, 1.165) is 54.1 Å². The van der Waals surface area contributed by atoms with Crippen molar-refractivity contribution in [3.63, 3.8) is 0 Å². The first-order valence-corrected chi connectivity index (χ1v) is 25.8. The summed E-state index contributed by atoms with van der Waals surface area (Å²) in [5, 5.41) is 3.51. The highest BCUT2D eigenvalue weighted by Crippen LogP contribution is 2.35. The highest BCUT2D eigenvalue weighted by atomic mass is 16.5. The maximum atomic E-state index is 14.2. The average molecular weight is 997 g/mol. The molecule has 0 saturated carbocycles. The van der Waals surface area contributed by atoms with Crippen LogP contribution in [-0.4, -0.2) is 115 Å². The fourth-order valence-corrected chi connectivity index (χ4v) is 11.1. The van der Waals surface area contributed by atoms with E-state index in [2.05, 4.69) is 64.8 Å². The zero-order chi connectivity index (χ0) is 50.9. The molecule has 0 bridgehead atoms. The largest absolute Gasteiger partial charge is 0.467 e. The number of ether oxygens (including phenoxy) is 2. The fourth-order valence-electron chi connectivity index (χ4n) is 11.1. The van der Waals surface area contributed by atoms with Gasteiger partial charge in [0.05, 0.1) is 32.6 Å². The van der Waals surface area contributed by atoms with E-state index in [9.17, 15) is 24.0 Å². The Morgan fingerprint density at radius 2 is 0.986 bits per heavy atom. The van der Waals surface area contributed by atoms with Gasteiger partial charge in [0.2, 0.25) is 11.8 Å². The maximum Gasteiger partial charge on any atom is 0.329 e. The van der Waals surface area contributed by atoms with Crippen LogP contribution in [0.5, 0.6) is 0 Å². The molecule has 5 atom stereocenters. The van der Waals surface area contributed by atoms with Crippen molar-refractivity contribution in [1.82, 2.24) is 20.0 Å². The van der Waals surface area contributed by atoms with E-state index in [1.165, 1.54) is 56.1 Å². The number of nitrogens with one attached hydrogen (secondary N) is 1. The number of likely N-dealkylation sites (tertiary alicyclic amines) is 3. The van der Waals surface area contributed by atoms with E-state index in [1.54, 1.807) is 4.90 Å². The number of hydrogen-bond acceptors (Lipinski definition) is 9. The summed E-state index contributed by atoms with van der Waals surface area (Å²) in [6.45, 7) is 2.69. The van der Waals surface area contributed by atoms with E-state index in [0.29, 0.717) is 19.0 Å². The Morgan fingerprint density at radius 3 is 1.43 bits per heavy atom. The minimum Gasteiger partial charge on any atom is -0.467 e. The van der Waals surface area contributed by atoms with E-state index < -0.39 is 29.9 Å². The second kappa shape index (κ2) is 27.2. The molecule has 0 spiro atoms. The number of nitrogens with zero attached hydrogens (tertiary/aromatic N) is 3. The molecule has 11 heteroatoms. The van der Waals surface area contributed by atoms with Crippen molar-refractivity contribution >= 4 is 29.5 Å². The van der Waals surface area contributed by atoms with Crippen LogP contribution in [0.1, 0.15) is 91.2 Å². The van der Waals surface area contributed by atoms with Crippen LogP contribution in [0.15, 0.2) is 182 Å². The van der Waals surface area contributed by atoms with Crippen LogP contribution in [0.3, 0.4) is 0 Å². The molecule has 10 rings (SSSR count). The molecule has 4 aliphatic heterocycles. The Balaban J connectivity index is 0.000000181. The van der Waals surface area contributed by atoms with Gasteiger partial charge in [0.1, 0.15) is 12.1 Å². The third-order valence-corrected chi connectivity index (χ3v) is 14.7. The summed E-state index contributed by atoms with van der Waals surface area (Å²) >= 11 is 0. The highest BCUT2D eigenvalue weighted by molar-refractivity contribution is 6.00. The first-order valence-electron chi connectivity index (χ1n) is 25.8. The van der Waals surface area contributed by atoms with E-state index >= 15 is 0 Å². The van der Waals surface area contributed by atoms with Gasteiger partial charge in [-0.1, -0.05) is 189 Å². The second-order valence-electron chi connectivity index (χ2n) is 19.4. The number of benzene rings is 6. The molecule has 6 aromatic rings. The molecule has 74 heavy (non-hydrogen) atoms. The molecule has 2 unspecified atom stereocenters. The normalized spacial score (nSPS) is 20.2. The standard InChI is InChI=1S/C31H34N2O3.C20H19NO4.C11H15N.CH4/c1-36-31(35)28-21-27(32-19-11-18-26(32)20-23-12-5-2-6-13-23)22-33(28)30(34)29(24-14-7-3-8-15-24)25-16-9-4-10-17-25;1-25-20(24)17-12-16(22)13-21(17)19(23)18(14-8-4-2-5-9-14)15-10-6-3-7-11-15;1-2-5-10(6-3-1)9-11-7-4-8-12-11;/h2-10,12-17,26-29H,11,18-22H2,1H3;2-11,17-18H,12-13H2,1H3;1-3,5-6,11-12H,4,7-9H2;1H4/t26?,27-,28-;17-;;/m00../s1. The number of amides is 2. The summed E-state index contributed by atoms with van der Waals surface area (Å²) in [6.07, 6.45) is 7.77. The van der Waals surface area contributed by atoms with E-state index in [4.69, 9.17) is 9.47 Å². The lowest BCUT2D eigenvalue weighted by molar-refractivity contribution is -0.151. The Morgan fingerprint density at radius 1 is 0.554 bits per heavy atom. The van der Waals surface area contributed by atoms with Gasteiger partial charge in [-0.2, -0.15) is 0 Å². The zero-order valence-corrected chi connectivity index (χ0v) is 42.0. The van der Waals surface area contributed by atoms with Gasteiger partial charge >= 0.3 is 11.9 Å². The Hall–Kier alpha value is -7.21. The quantitative estimate of drug-likeness (QED) is 0.113. The third kappa shape index (κ3) is 13.9. The van der Waals surface area contributed by atoms with E-state index in [1.807, 2.05) is 127 Å². The van der Waals surface area contributed by atoms with Crippen molar-refractivity contribution in [3.05, 3.63) is 215 Å². The molecule has 0 aromatic heterocycles. The van der Waals surface area contributed by atoms with Crippen LogP contribution in [0.4, 0.5) is 0 Å². The lowest BCUT2D eigenvalue weighted by Gasteiger charge is -2.31. The molecule has 386 valence electrons. The van der Waals surface area contributed by atoms with Crippen LogP contribution in [0, 0.1) is 0 Å². The molecule has 4 saturated heterocycles. The number of carbonyl (C=O) groups is 5. The molecule has 2 amide bonds. The van der Waals surface area contributed by atoms with Crippen molar-refractivity contribution in [2.24, 2.45) is 0 Å². The van der Waals surface area contributed by atoms with Gasteiger partial charge in [0.15, 0.2) is 5.78 Å².